The van der Waals surface area contributed by atoms with Gasteiger partial charge in [-0.2, -0.15) is 0 Å². The molecule has 4 aliphatic heterocycles. The maximum atomic E-state index is 13.6. The molecule has 1 aromatic carbocycles. The highest BCUT2D eigenvalue weighted by Gasteiger charge is 3.01. The van der Waals surface area contributed by atoms with Gasteiger partial charge in [-0.05, 0) is 60.3 Å². The topological polar surface area (TPSA) is 110 Å². The number of cyclic esters (lactones) is 1. The molecule has 5 fully saturated rings. The Kier molecular flexibility index (Phi) is 7.23. The van der Waals surface area contributed by atoms with Crippen LogP contribution in [0.3, 0.4) is 0 Å². The summed E-state index contributed by atoms with van der Waals surface area (Å²) in [6, 6.07) is 12.5. The molecule has 0 radical (unpaired) electrons. The van der Waals surface area contributed by atoms with Gasteiger partial charge in [-0.25, -0.2) is 9.36 Å². The van der Waals surface area contributed by atoms with E-state index in [1.165, 1.54) is 10.9 Å². The molecule has 3 aromatic rings. The smallest absolute Gasteiger partial charge is 0.334 e. The average molecular weight is 744 g/mol. The molecule has 1 N–H and O–H groups in total. The van der Waals surface area contributed by atoms with Crippen LogP contribution >= 0.6 is 0 Å². The van der Waals surface area contributed by atoms with Crippen LogP contribution in [0, 0.1) is 17.3 Å². The molecule has 2 aromatic heterocycles. The highest BCUT2D eigenvalue weighted by Crippen LogP contribution is 2.83. The monoisotopic (exact) mass is 742 g/mol. The summed E-state index contributed by atoms with van der Waals surface area (Å²) in [4.78, 5) is 29.4. The summed E-state index contributed by atoms with van der Waals surface area (Å²) in [5.41, 5.74) is 3.28. The van der Waals surface area contributed by atoms with Crippen molar-refractivity contribution in [3.8, 4) is 0 Å². The third-order valence-electron chi connectivity index (χ3n) is 13.4. The second kappa shape index (κ2) is 11.1. The number of hydrogen-bond donors (Lipinski definition) is 1. The van der Waals surface area contributed by atoms with Gasteiger partial charge in [0, 0.05) is 53.1 Å². The molecule has 2 saturated carbocycles. The molecular formula is C40H43BrN2O7. The SMILES string of the molecule is CC(C)[C@]12O[C@H]1[C@@H]1O[C@]13[C@]1(O[C@H]1C[C@H]1C4=C(CC[C@@]13C)C(=O)OC4)[C@@H]2OC(=O)CCCC[n+]1ccc(/C=C/c2c[nH]c3ccccc23)cc1.[Br-]. The van der Waals surface area contributed by atoms with E-state index >= 15 is 0 Å². The Morgan fingerprint density at radius 1 is 1.08 bits per heavy atom. The number of H-pyrrole nitrogens is 1. The first-order chi connectivity index (χ1) is 23.7. The molecule has 6 heterocycles. The van der Waals surface area contributed by atoms with Crippen molar-refractivity contribution < 1.29 is 54.8 Å². The van der Waals surface area contributed by atoms with Crippen molar-refractivity contribution in [2.45, 2.75) is 107 Å². The Balaban J connectivity index is 0.00000336. The first-order valence-corrected chi connectivity index (χ1v) is 18.1. The Morgan fingerprint density at radius 2 is 1.90 bits per heavy atom. The van der Waals surface area contributed by atoms with Crippen LogP contribution in [0.4, 0.5) is 0 Å². The van der Waals surface area contributed by atoms with Crippen LogP contribution in [0.2, 0.25) is 0 Å². The molecule has 2 spiro atoms. The Hall–Kier alpha value is -3.31. The van der Waals surface area contributed by atoms with Crippen LogP contribution in [-0.2, 0) is 39.8 Å². The van der Waals surface area contributed by atoms with Gasteiger partial charge < -0.3 is 45.6 Å². The standard InChI is InChI=1S/C40H42N2O7.BrH/c1-23(2)38-33(48-38)34-40(49-34)37(3)16-13-27-28(22-45-35(27)44)29(37)20-31-39(40,47-31)36(38)46-32(43)10-6-7-17-42-18-14-24(15-19-42)11-12-25-21-41-30-9-5-4-8-26(25)30;/h4-5,8-9,11-12,14-15,18-19,21,23,29,31,33-34,36H,6-7,10,13,16-17,20,22H2,1-3H3;1H/t29-,31-,33-,34-,36+,37-,38-,39+,40+;/m0./s1. The number of aromatic amines is 1. The third-order valence-corrected chi connectivity index (χ3v) is 13.4. The lowest BCUT2D eigenvalue weighted by molar-refractivity contribution is -0.697. The van der Waals surface area contributed by atoms with Crippen molar-refractivity contribution in [1.82, 2.24) is 4.98 Å². The van der Waals surface area contributed by atoms with Crippen LogP contribution in [0.5, 0.6) is 0 Å². The highest BCUT2D eigenvalue weighted by atomic mass is 79.9. The second-order valence-electron chi connectivity index (χ2n) is 15.8. The maximum absolute atomic E-state index is 13.6. The third kappa shape index (κ3) is 4.19. The lowest BCUT2D eigenvalue weighted by Gasteiger charge is -2.53. The molecule has 3 aliphatic carbocycles. The molecule has 9 atom stereocenters. The van der Waals surface area contributed by atoms with Gasteiger partial charge in [0.2, 0.25) is 0 Å². The number of nitrogens with one attached hydrogen (secondary N) is 1. The number of epoxide rings is 3. The van der Waals surface area contributed by atoms with Gasteiger partial charge in [0.1, 0.15) is 36.6 Å². The molecule has 50 heavy (non-hydrogen) atoms. The number of aryl methyl sites for hydroxylation is 1. The largest absolute Gasteiger partial charge is 1.00 e. The number of aromatic nitrogens is 2. The van der Waals surface area contributed by atoms with Crippen LogP contribution in [-0.4, -0.2) is 64.7 Å². The summed E-state index contributed by atoms with van der Waals surface area (Å²) < 4.78 is 34.3. The zero-order chi connectivity index (χ0) is 33.3. The number of rotatable bonds is 9. The van der Waals surface area contributed by atoms with E-state index in [0.717, 1.165) is 54.5 Å². The fourth-order valence-electron chi connectivity index (χ4n) is 10.7. The van der Waals surface area contributed by atoms with Crippen molar-refractivity contribution in [2.24, 2.45) is 17.3 Å². The minimum absolute atomic E-state index is 0. The van der Waals surface area contributed by atoms with Crippen molar-refractivity contribution in [3.05, 3.63) is 77.3 Å². The molecule has 10 heteroatoms. The lowest BCUT2D eigenvalue weighted by Crippen LogP contribution is -3.00. The number of para-hydroxylation sites is 1. The molecule has 0 amide bonds. The predicted octanol–water partition coefficient (Wildman–Crippen LogP) is 2.47. The Bertz CT molecular complexity index is 1970. The Labute approximate surface area is 302 Å². The minimum Gasteiger partial charge on any atom is -1.00 e. The van der Waals surface area contributed by atoms with Crippen molar-refractivity contribution in [1.29, 1.82) is 0 Å². The highest BCUT2D eigenvalue weighted by molar-refractivity contribution is 5.92. The van der Waals surface area contributed by atoms with E-state index in [4.69, 9.17) is 23.7 Å². The van der Waals surface area contributed by atoms with Gasteiger partial charge in [0.05, 0.1) is 6.10 Å². The number of nitrogens with zero attached hydrogens (tertiary/aromatic N) is 1. The summed E-state index contributed by atoms with van der Waals surface area (Å²) in [6.45, 7) is 7.79. The summed E-state index contributed by atoms with van der Waals surface area (Å²) >= 11 is 0. The number of halogens is 1. The van der Waals surface area contributed by atoms with E-state index in [2.05, 4.69) is 85.2 Å². The van der Waals surface area contributed by atoms with E-state index in [1.54, 1.807) is 0 Å². The first kappa shape index (κ1) is 32.6. The number of hydrogen-bond acceptors (Lipinski definition) is 7. The molecule has 262 valence electrons. The molecule has 10 rings (SSSR count). The van der Waals surface area contributed by atoms with E-state index in [0.29, 0.717) is 19.4 Å². The molecule has 7 aliphatic rings. The maximum Gasteiger partial charge on any atom is 0.334 e. The zero-order valence-electron chi connectivity index (χ0n) is 28.7. The fourth-order valence-corrected chi connectivity index (χ4v) is 10.7. The number of benzene rings is 1. The summed E-state index contributed by atoms with van der Waals surface area (Å²) in [5.74, 6) is -0.0749. The van der Waals surface area contributed by atoms with Gasteiger partial charge in [-0.3, -0.25) is 4.79 Å². The number of pyridine rings is 1. The van der Waals surface area contributed by atoms with E-state index < -0.39 is 22.9 Å². The van der Waals surface area contributed by atoms with E-state index in [1.807, 2.05) is 12.3 Å². The van der Waals surface area contributed by atoms with Crippen molar-refractivity contribution >= 4 is 35.0 Å². The number of esters is 2. The van der Waals surface area contributed by atoms with E-state index in [9.17, 15) is 9.59 Å². The number of ether oxygens (including phenoxy) is 5. The molecule has 0 bridgehead atoms. The van der Waals surface area contributed by atoms with Gasteiger partial charge in [-0.15, -0.1) is 0 Å². The number of carbonyl (C=O) groups is 2. The van der Waals surface area contributed by atoms with Crippen LogP contribution < -0.4 is 21.5 Å². The first-order valence-electron chi connectivity index (χ1n) is 18.1. The van der Waals surface area contributed by atoms with Gasteiger partial charge in [0.25, 0.3) is 0 Å². The van der Waals surface area contributed by atoms with Gasteiger partial charge in [-0.1, -0.05) is 51.1 Å². The molecular weight excluding hydrogens is 700 g/mol. The fraction of sp³-hybridized carbons (Fsp3) is 0.525. The van der Waals surface area contributed by atoms with Gasteiger partial charge in [0.15, 0.2) is 24.1 Å². The van der Waals surface area contributed by atoms with Crippen LogP contribution in [0.25, 0.3) is 23.1 Å². The predicted molar refractivity (Wildman–Crippen MR) is 179 cm³/mol. The summed E-state index contributed by atoms with van der Waals surface area (Å²) in [5, 5.41) is 1.21. The van der Waals surface area contributed by atoms with E-state index in [-0.39, 0.29) is 64.5 Å². The van der Waals surface area contributed by atoms with Crippen LogP contribution in [0.1, 0.15) is 70.4 Å². The summed E-state index contributed by atoms with van der Waals surface area (Å²) in [6.07, 6.45) is 13.9. The van der Waals surface area contributed by atoms with Crippen LogP contribution in [0.15, 0.2) is 66.1 Å². The lowest BCUT2D eigenvalue weighted by atomic mass is 9.46. The summed E-state index contributed by atoms with van der Waals surface area (Å²) in [7, 11) is 0. The quantitative estimate of drug-likeness (QED) is 0.155. The van der Waals surface area contributed by atoms with Crippen molar-refractivity contribution in [3.63, 3.8) is 0 Å². The average Bonchev–Trinajstić information content (AvgIpc) is 4.04. The number of fused-ring (bicyclic) bond motifs is 5. The van der Waals surface area contributed by atoms with Crippen molar-refractivity contribution in [2.75, 3.05) is 6.61 Å². The second-order valence-corrected chi connectivity index (χ2v) is 15.8. The Morgan fingerprint density at radius 3 is 2.72 bits per heavy atom. The van der Waals surface area contributed by atoms with Gasteiger partial charge >= 0.3 is 11.9 Å². The molecule has 3 saturated heterocycles. The zero-order valence-corrected chi connectivity index (χ0v) is 30.2. The molecule has 9 nitrogen and oxygen atoms in total. The number of carbonyl (C=O) groups excluding carboxylic acids is 2. The number of unbranched alkanes of at least 4 members (excludes halogenated alkanes) is 1. The normalized spacial score (nSPS) is 38.3. The minimum atomic E-state index is -0.711. The molecule has 0 unspecified atom stereocenters.